The molecule has 8 nitrogen and oxygen atoms in total. The molecule has 0 aromatic carbocycles. The molecule has 0 saturated carbocycles. The lowest BCUT2D eigenvalue weighted by atomic mass is 10.4. The maximum Gasteiger partial charge on any atom is 0.191 e. The summed E-state index contributed by atoms with van der Waals surface area (Å²) in [7, 11) is 0. The highest BCUT2D eigenvalue weighted by atomic mass is 127. The van der Waals surface area contributed by atoms with Crippen molar-refractivity contribution in [3.63, 3.8) is 0 Å². The Balaban J connectivity index is 0.00000225. The summed E-state index contributed by atoms with van der Waals surface area (Å²) in [5.41, 5.74) is 0.841. The van der Waals surface area contributed by atoms with Crippen molar-refractivity contribution < 1.29 is 4.74 Å². The third-order valence-corrected chi connectivity index (χ3v) is 3.93. The molecule has 0 atom stereocenters. The maximum absolute atomic E-state index is 5.37. The molecule has 2 aromatic heterocycles. The Bertz CT molecular complexity index is 669. The zero-order valence-electron chi connectivity index (χ0n) is 14.5. The van der Waals surface area contributed by atoms with Gasteiger partial charge in [-0.15, -0.1) is 34.2 Å². The van der Waals surface area contributed by atoms with Gasteiger partial charge in [0, 0.05) is 38.9 Å². The zero-order chi connectivity index (χ0) is 16.6. The lowest BCUT2D eigenvalue weighted by Gasteiger charge is -2.26. The molecule has 0 spiro atoms. The molecule has 2 N–H and O–H groups in total. The van der Waals surface area contributed by atoms with Gasteiger partial charge in [-0.2, -0.15) is 0 Å². The zero-order valence-corrected chi connectivity index (χ0v) is 16.8. The summed E-state index contributed by atoms with van der Waals surface area (Å²) in [6, 6.07) is 5.86. The minimum atomic E-state index is 0. The third-order valence-electron chi connectivity index (χ3n) is 3.93. The van der Waals surface area contributed by atoms with E-state index in [1.807, 2.05) is 28.8 Å². The van der Waals surface area contributed by atoms with Crippen LogP contribution in [0.2, 0.25) is 0 Å². The first-order valence-electron chi connectivity index (χ1n) is 8.47. The highest BCUT2D eigenvalue weighted by Crippen LogP contribution is 2.03. The minimum Gasteiger partial charge on any atom is -0.379 e. The van der Waals surface area contributed by atoms with Crippen molar-refractivity contribution in [2.45, 2.75) is 13.5 Å². The van der Waals surface area contributed by atoms with E-state index < -0.39 is 0 Å². The van der Waals surface area contributed by atoms with Crippen LogP contribution in [0.3, 0.4) is 0 Å². The number of guanidine groups is 1. The summed E-state index contributed by atoms with van der Waals surface area (Å²) in [4.78, 5) is 7.01. The van der Waals surface area contributed by atoms with Crippen molar-refractivity contribution in [2.75, 3.05) is 45.9 Å². The van der Waals surface area contributed by atoms with Gasteiger partial charge >= 0.3 is 0 Å². The van der Waals surface area contributed by atoms with E-state index in [9.17, 15) is 0 Å². The Labute approximate surface area is 165 Å². The molecule has 0 radical (unpaired) electrons. The number of rotatable bonds is 6. The van der Waals surface area contributed by atoms with Crippen molar-refractivity contribution in [1.29, 1.82) is 0 Å². The van der Waals surface area contributed by atoms with Crippen LogP contribution >= 0.6 is 24.0 Å². The van der Waals surface area contributed by atoms with E-state index in [1.54, 1.807) is 0 Å². The molecule has 0 amide bonds. The molecule has 25 heavy (non-hydrogen) atoms. The quantitative estimate of drug-likeness (QED) is 0.377. The fourth-order valence-electron chi connectivity index (χ4n) is 2.65. The molecule has 1 aliphatic rings. The van der Waals surface area contributed by atoms with E-state index in [0.717, 1.165) is 63.4 Å². The van der Waals surface area contributed by atoms with Crippen LogP contribution < -0.4 is 10.6 Å². The molecular weight excluding hydrogens is 433 g/mol. The fraction of sp³-hybridized carbons (Fsp3) is 0.562. The van der Waals surface area contributed by atoms with Crippen LogP contribution in [0, 0.1) is 0 Å². The predicted molar refractivity (Wildman–Crippen MR) is 108 cm³/mol. The van der Waals surface area contributed by atoms with Crippen LogP contribution in [0.25, 0.3) is 5.65 Å². The number of hydrogen-bond donors (Lipinski definition) is 2. The molecule has 0 aliphatic carbocycles. The average molecular weight is 459 g/mol. The molecule has 0 bridgehead atoms. The van der Waals surface area contributed by atoms with E-state index >= 15 is 0 Å². The highest BCUT2D eigenvalue weighted by Gasteiger charge is 2.10. The first kappa shape index (κ1) is 19.9. The molecule has 1 fully saturated rings. The Kier molecular flexibility index (Phi) is 8.35. The van der Waals surface area contributed by atoms with Crippen molar-refractivity contribution >= 4 is 35.6 Å². The number of fused-ring (bicyclic) bond motifs is 1. The molecule has 138 valence electrons. The first-order chi connectivity index (χ1) is 11.9. The minimum absolute atomic E-state index is 0. The van der Waals surface area contributed by atoms with Gasteiger partial charge in [0.25, 0.3) is 0 Å². The summed E-state index contributed by atoms with van der Waals surface area (Å²) in [5.74, 6) is 1.63. The van der Waals surface area contributed by atoms with Gasteiger partial charge in [0.1, 0.15) is 6.54 Å². The van der Waals surface area contributed by atoms with Crippen molar-refractivity contribution in [1.82, 2.24) is 30.1 Å². The predicted octanol–water partition coefficient (Wildman–Crippen LogP) is 0.735. The van der Waals surface area contributed by atoms with E-state index in [2.05, 4.69) is 37.6 Å². The van der Waals surface area contributed by atoms with Gasteiger partial charge in [-0.3, -0.25) is 9.30 Å². The Morgan fingerprint density at radius 2 is 2.08 bits per heavy atom. The molecular formula is C16H26IN7O. The molecule has 3 heterocycles. The van der Waals surface area contributed by atoms with Crippen molar-refractivity contribution in [2.24, 2.45) is 4.99 Å². The summed E-state index contributed by atoms with van der Waals surface area (Å²) in [5, 5.41) is 15.0. The number of halogens is 1. The summed E-state index contributed by atoms with van der Waals surface area (Å²) >= 11 is 0. The molecule has 1 saturated heterocycles. The van der Waals surface area contributed by atoms with Gasteiger partial charge in [-0.05, 0) is 19.1 Å². The fourth-order valence-corrected chi connectivity index (χ4v) is 2.65. The Morgan fingerprint density at radius 1 is 1.24 bits per heavy atom. The standard InChI is InChI=1S/C16H25N7O.HI/c1-2-17-16(18-6-8-22-9-11-24-12-10-22)19-13-15-21-20-14-5-3-4-7-23(14)15;/h3-5,7H,2,6,8-13H2,1H3,(H2,17,18,19);1H. The number of pyridine rings is 1. The van der Waals surface area contributed by atoms with Gasteiger partial charge in [-0.1, -0.05) is 6.07 Å². The van der Waals surface area contributed by atoms with Crippen LogP contribution in [0.1, 0.15) is 12.7 Å². The Morgan fingerprint density at radius 3 is 2.88 bits per heavy atom. The number of ether oxygens (including phenoxy) is 1. The first-order valence-corrected chi connectivity index (χ1v) is 8.47. The summed E-state index contributed by atoms with van der Waals surface area (Å²) in [6.45, 7) is 8.87. The van der Waals surface area contributed by atoms with Crippen LogP contribution in [0.15, 0.2) is 29.4 Å². The monoisotopic (exact) mass is 459 g/mol. The SMILES string of the molecule is CCNC(=NCc1nnc2ccccn12)NCCN1CCOCC1.I. The molecule has 2 aromatic rings. The molecule has 9 heteroatoms. The smallest absolute Gasteiger partial charge is 0.191 e. The second-order valence-electron chi connectivity index (χ2n) is 5.62. The number of nitrogens with one attached hydrogen (secondary N) is 2. The second kappa shape index (κ2) is 10.5. The largest absolute Gasteiger partial charge is 0.379 e. The number of aliphatic imine (C=N–C) groups is 1. The van der Waals surface area contributed by atoms with E-state index in [1.165, 1.54) is 0 Å². The lowest BCUT2D eigenvalue weighted by Crippen LogP contribution is -2.44. The lowest BCUT2D eigenvalue weighted by molar-refractivity contribution is 0.0389. The number of aromatic nitrogens is 3. The second-order valence-corrected chi connectivity index (χ2v) is 5.62. The number of hydrogen-bond acceptors (Lipinski definition) is 5. The Hall–Kier alpha value is -1.46. The molecule has 1 aliphatic heterocycles. The van der Waals surface area contributed by atoms with Gasteiger partial charge in [0.2, 0.25) is 0 Å². The number of nitrogens with zero attached hydrogens (tertiary/aromatic N) is 5. The van der Waals surface area contributed by atoms with Gasteiger partial charge in [0.05, 0.1) is 13.2 Å². The van der Waals surface area contributed by atoms with Gasteiger partial charge in [0.15, 0.2) is 17.4 Å². The molecule has 0 unspecified atom stereocenters. The van der Waals surface area contributed by atoms with Crippen LogP contribution in [0.4, 0.5) is 0 Å². The van der Waals surface area contributed by atoms with Gasteiger partial charge in [-0.25, -0.2) is 4.99 Å². The van der Waals surface area contributed by atoms with Crippen LogP contribution in [-0.2, 0) is 11.3 Å². The van der Waals surface area contributed by atoms with E-state index in [0.29, 0.717) is 6.54 Å². The molecule has 3 rings (SSSR count). The van der Waals surface area contributed by atoms with E-state index in [-0.39, 0.29) is 24.0 Å². The highest BCUT2D eigenvalue weighted by molar-refractivity contribution is 14.0. The normalized spacial score (nSPS) is 15.8. The topological polar surface area (TPSA) is 79.1 Å². The summed E-state index contributed by atoms with van der Waals surface area (Å²) < 4.78 is 7.33. The number of morpholine rings is 1. The van der Waals surface area contributed by atoms with Crippen LogP contribution in [0.5, 0.6) is 0 Å². The van der Waals surface area contributed by atoms with Crippen molar-refractivity contribution in [3.05, 3.63) is 30.2 Å². The third kappa shape index (κ3) is 5.79. The van der Waals surface area contributed by atoms with E-state index in [4.69, 9.17) is 4.74 Å². The maximum atomic E-state index is 5.37. The van der Waals surface area contributed by atoms with Gasteiger partial charge < -0.3 is 15.4 Å². The van der Waals surface area contributed by atoms with Crippen LogP contribution in [-0.4, -0.2) is 71.4 Å². The average Bonchev–Trinajstić information content (AvgIpc) is 3.04. The van der Waals surface area contributed by atoms with Crippen molar-refractivity contribution in [3.8, 4) is 0 Å². The summed E-state index contributed by atoms with van der Waals surface area (Å²) in [6.07, 6.45) is 1.96.